The zero-order valence-corrected chi connectivity index (χ0v) is 10.1. The monoisotopic (exact) mass is 268 g/mol. The molecule has 3 nitrogen and oxygen atoms in total. The number of hydrogen-bond acceptors (Lipinski definition) is 3. The standard InChI is InChI=1S/C10H11F3O3S/c1-8-4-3-5-6(7(8)9(5,8)2)16-17(14,15)10(11,12)13/h5H,3-4H2,1-2H3. The third-order valence-corrected chi connectivity index (χ3v) is 5.80. The molecule has 0 aromatic heterocycles. The number of rotatable bonds is 2. The predicted octanol–water partition coefficient (Wildman–Crippen LogP) is 2.56. The van der Waals surface area contributed by atoms with Crippen LogP contribution in [0.5, 0.6) is 0 Å². The normalized spacial score (nSPS) is 43.2. The van der Waals surface area contributed by atoms with Crippen LogP contribution in [0.1, 0.15) is 26.7 Å². The van der Waals surface area contributed by atoms with E-state index in [1.165, 1.54) is 0 Å². The molecule has 0 heterocycles. The summed E-state index contributed by atoms with van der Waals surface area (Å²) in [6, 6.07) is 0. The lowest BCUT2D eigenvalue weighted by Crippen LogP contribution is -2.31. The Morgan fingerprint density at radius 3 is 2.29 bits per heavy atom. The van der Waals surface area contributed by atoms with Crippen LogP contribution in [-0.4, -0.2) is 13.9 Å². The SMILES string of the molecule is CC12CCC3C(OS(=O)(=O)C(F)(F)F)=C1C32C. The molecular weight excluding hydrogens is 257 g/mol. The Kier molecular flexibility index (Phi) is 1.68. The van der Waals surface area contributed by atoms with E-state index in [1.54, 1.807) is 0 Å². The van der Waals surface area contributed by atoms with Gasteiger partial charge in [0.1, 0.15) is 5.76 Å². The third-order valence-electron chi connectivity index (χ3n) is 4.83. The maximum atomic E-state index is 12.2. The first kappa shape index (κ1) is 11.4. The molecule has 0 saturated heterocycles. The maximum Gasteiger partial charge on any atom is 0.534 e. The van der Waals surface area contributed by atoms with Gasteiger partial charge >= 0.3 is 15.6 Å². The van der Waals surface area contributed by atoms with E-state index >= 15 is 0 Å². The molecule has 3 aliphatic rings. The van der Waals surface area contributed by atoms with Crippen molar-refractivity contribution in [3.05, 3.63) is 11.3 Å². The number of alkyl halides is 3. The zero-order chi connectivity index (χ0) is 12.9. The molecule has 0 spiro atoms. The van der Waals surface area contributed by atoms with Crippen molar-refractivity contribution < 1.29 is 25.8 Å². The van der Waals surface area contributed by atoms with Gasteiger partial charge in [0, 0.05) is 16.7 Å². The quantitative estimate of drug-likeness (QED) is 0.571. The Morgan fingerprint density at radius 1 is 1.35 bits per heavy atom. The Hall–Kier alpha value is -0.720. The van der Waals surface area contributed by atoms with Crippen LogP contribution in [0.3, 0.4) is 0 Å². The van der Waals surface area contributed by atoms with Crippen LogP contribution in [0.4, 0.5) is 13.2 Å². The molecule has 0 aromatic carbocycles. The summed E-state index contributed by atoms with van der Waals surface area (Å²) in [4.78, 5) is 0. The predicted molar refractivity (Wildman–Crippen MR) is 52.0 cm³/mol. The van der Waals surface area contributed by atoms with E-state index in [0.29, 0.717) is 6.42 Å². The van der Waals surface area contributed by atoms with Crippen LogP contribution in [0.15, 0.2) is 11.3 Å². The van der Waals surface area contributed by atoms with Crippen LogP contribution in [0.25, 0.3) is 0 Å². The molecule has 2 fully saturated rings. The third kappa shape index (κ3) is 0.986. The van der Waals surface area contributed by atoms with Crippen molar-refractivity contribution in [3.8, 4) is 0 Å². The van der Waals surface area contributed by atoms with Gasteiger partial charge in [-0.15, -0.1) is 0 Å². The highest BCUT2D eigenvalue weighted by atomic mass is 32.2. The average molecular weight is 268 g/mol. The largest absolute Gasteiger partial charge is 0.534 e. The van der Waals surface area contributed by atoms with E-state index < -0.39 is 15.6 Å². The van der Waals surface area contributed by atoms with Gasteiger partial charge in [0.2, 0.25) is 0 Å². The van der Waals surface area contributed by atoms with Crippen molar-refractivity contribution in [2.24, 2.45) is 16.7 Å². The van der Waals surface area contributed by atoms with Crippen LogP contribution in [0.2, 0.25) is 0 Å². The van der Waals surface area contributed by atoms with E-state index in [1.807, 2.05) is 13.8 Å². The van der Waals surface area contributed by atoms with E-state index in [4.69, 9.17) is 0 Å². The number of fused-ring (bicyclic) bond motifs is 1. The van der Waals surface area contributed by atoms with Crippen LogP contribution < -0.4 is 0 Å². The highest BCUT2D eigenvalue weighted by Gasteiger charge is 2.82. The van der Waals surface area contributed by atoms with Crippen LogP contribution >= 0.6 is 0 Å². The minimum atomic E-state index is -5.50. The van der Waals surface area contributed by atoms with Gasteiger partial charge in [0.15, 0.2) is 0 Å². The summed E-state index contributed by atoms with van der Waals surface area (Å²) >= 11 is 0. The van der Waals surface area contributed by atoms with Gasteiger partial charge in [0.25, 0.3) is 0 Å². The molecule has 0 bridgehead atoms. The molecule has 17 heavy (non-hydrogen) atoms. The molecule has 3 aliphatic carbocycles. The summed E-state index contributed by atoms with van der Waals surface area (Å²) < 4.78 is 62.7. The molecule has 96 valence electrons. The second-order valence-corrected chi connectivity index (χ2v) is 6.89. The Balaban J connectivity index is 1.93. The molecule has 0 N–H and O–H groups in total. The number of halogens is 3. The molecular formula is C10H11F3O3S. The highest BCUT2D eigenvalue weighted by molar-refractivity contribution is 7.87. The summed E-state index contributed by atoms with van der Waals surface area (Å²) in [6.07, 6.45) is 1.61. The topological polar surface area (TPSA) is 43.4 Å². The number of hydrogen-bond donors (Lipinski definition) is 0. The average Bonchev–Trinajstić information content (AvgIpc) is 2.44. The van der Waals surface area contributed by atoms with Crippen molar-refractivity contribution >= 4 is 10.1 Å². The fourth-order valence-corrected chi connectivity index (χ4v) is 4.26. The molecule has 0 radical (unpaired) electrons. The lowest BCUT2D eigenvalue weighted by atomic mass is 9.80. The zero-order valence-electron chi connectivity index (χ0n) is 9.26. The second kappa shape index (κ2) is 2.50. The minimum Gasteiger partial charge on any atom is -0.380 e. The fourth-order valence-electron chi connectivity index (χ4n) is 3.73. The van der Waals surface area contributed by atoms with Gasteiger partial charge in [-0.05, 0) is 18.4 Å². The molecule has 0 amide bonds. The molecule has 3 rings (SSSR count). The summed E-state index contributed by atoms with van der Waals surface area (Å²) in [5.74, 6) is -0.0989. The summed E-state index contributed by atoms with van der Waals surface area (Å²) in [5, 5.41) is 0. The molecule has 3 unspecified atom stereocenters. The van der Waals surface area contributed by atoms with Crippen LogP contribution in [-0.2, 0) is 14.3 Å². The first-order valence-electron chi connectivity index (χ1n) is 5.31. The number of allylic oxidation sites excluding steroid dienone is 2. The Morgan fingerprint density at radius 2 is 1.94 bits per heavy atom. The van der Waals surface area contributed by atoms with Gasteiger partial charge in [-0.25, -0.2) is 0 Å². The second-order valence-electron chi connectivity index (χ2n) is 5.35. The van der Waals surface area contributed by atoms with Crippen molar-refractivity contribution in [1.29, 1.82) is 0 Å². The van der Waals surface area contributed by atoms with Crippen molar-refractivity contribution in [3.63, 3.8) is 0 Å². The van der Waals surface area contributed by atoms with Gasteiger partial charge in [-0.1, -0.05) is 13.8 Å². The Labute approximate surface area is 96.8 Å². The van der Waals surface area contributed by atoms with Gasteiger partial charge in [0.05, 0.1) is 0 Å². The van der Waals surface area contributed by atoms with Gasteiger partial charge in [-0.3, -0.25) is 0 Å². The van der Waals surface area contributed by atoms with Crippen molar-refractivity contribution in [2.75, 3.05) is 0 Å². The van der Waals surface area contributed by atoms with E-state index in [2.05, 4.69) is 4.18 Å². The molecule has 0 aliphatic heterocycles. The molecule has 3 atom stereocenters. The fraction of sp³-hybridized carbons (Fsp3) is 0.800. The van der Waals surface area contributed by atoms with Crippen LogP contribution in [0, 0.1) is 16.7 Å². The summed E-state index contributed by atoms with van der Waals surface area (Å²) in [7, 11) is -5.50. The van der Waals surface area contributed by atoms with Gasteiger partial charge < -0.3 is 4.18 Å². The lowest BCUT2D eigenvalue weighted by molar-refractivity contribution is -0.0533. The van der Waals surface area contributed by atoms with E-state index in [-0.39, 0.29) is 22.5 Å². The van der Waals surface area contributed by atoms with Crippen molar-refractivity contribution in [2.45, 2.75) is 32.2 Å². The minimum absolute atomic E-state index is 0.0542. The summed E-state index contributed by atoms with van der Waals surface area (Å²) in [5.41, 5.74) is -4.81. The molecule has 7 heteroatoms. The highest BCUT2D eigenvalue weighted by Crippen LogP contribution is 2.88. The van der Waals surface area contributed by atoms with E-state index in [9.17, 15) is 21.6 Å². The smallest absolute Gasteiger partial charge is 0.380 e. The first-order chi connectivity index (χ1) is 7.56. The lowest BCUT2D eigenvalue weighted by Gasteiger charge is -2.30. The maximum absolute atomic E-state index is 12.2. The van der Waals surface area contributed by atoms with Crippen molar-refractivity contribution in [1.82, 2.24) is 0 Å². The molecule has 2 saturated carbocycles. The summed E-state index contributed by atoms with van der Waals surface area (Å²) in [6.45, 7) is 3.92. The van der Waals surface area contributed by atoms with Gasteiger partial charge in [-0.2, -0.15) is 21.6 Å². The first-order valence-corrected chi connectivity index (χ1v) is 6.72. The van der Waals surface area contributed by atoms with E-state index in [0.717, 1.165) is 12.0 Å². The molecule has 0 aromatic rings. The Bertz CT molecular complexity index is 538.